The molecule has 1 rings (SSSR count). The van der Waals surface area contributed by atoms with Crippen LogP contribution in [0.15, 0.2) is 12.1 Å². The summed E-state index contributed by atoms with van der Waals surface area (Å²) < 4.78 is 31.5. The van der Waals surface area contributed by atoms with Gasteiger partial charge < -0.3 is 8.92 Å². The second kappa shape index (κ2) is 7.27. The Hall–Kier alpha value is -2.07. The van der Waals surface area contributed by atoms with Gasteiger partial charge in [0, 0.05) is 0 Å². The molecule has 0 aliphatic rings. The van der Waals surface area contributed by atoms with Crippen LogP contribution in [-0.2, 0) is 14.9 Å². The number of halogens is 1. The van der Waals surface area contributed by atoms with Gasteiger partial charge in [0.25, 0.3) is 5.69 Å². The van der Waals surface area contributed by atoms with Crippen molar-refractivity contribution < 1.29 is 27.1 Å². The van der Waals surface area contributed by atoms with Gasteiger partial charge in [0.1, 0.15) is 12.3 Å². The first-order valence-electron chi connectivity index (χ1n) is 5.82. The summed E-state index contributed by atoms with van der Waals surface area (Å²) in [4.78, 5) is 21.7. The highest BCUT2D eigenvalue weighted by Crippen LogP contribution is 2.33. The maximum atomic E-state index is 11.4. The molecule has 0 radical (unpaired) electrons. The zero-order valence-corrected chi connectivity index (χ0v) is 13.2. The van der Waals surface area contributed by atoms with Crippen molar-refractivity contribution in [2.45, 2.75) is 6.92 Å². The lowest BCUT2D eigenvalue weighted by Gasteiger charge is -2.10. The molecule has 122 valence electrons. The van der Waals surface area contributed by atoms with Gasteiger partial charge in [-0.25, -0.2) is 4.79 Å². The highest BCUT2D eigenvalue weighted by Gasteiger charge is 2.21. The number of rotatable bonds is 6. The van der Waals surface area contributed by atoms with Crippen LogP contribution in [0.3, 0.4) is 0 Å². The number of hydrogen-bond acceptors (Lipinski definition) is 7. The van der Waals surface area contributed by atoms with E-state index >= 15 is 0 Å². The van der Waals surface area contributed by atoms with Gasteiger partial charge in [-0.15, -0.1) is 11.6 Å². The number of nitrogens with zero attached hydrogens (tertiary/aromatic N) is 1. The van der Waals surface area contributed by atoms with Gasteiger partial charge in [0.05, 0.1) is 23.1 Å². The molecule has 0 unspecified atom stereocenters. The number of nitrogens with one attached hydrogen (secondary N) is 1. The van der Waals surface area contributed by atoms with Crippen molar-refractivity contribution in [3.8, 4) is 5.75 Å². The van der Waals surface area contributed by atoms with Crippen LogP contribution < -0.4 is 9.50 Å². The standard InChI is InChI=1S/C11H13ClN2O7S/c1-7-5-8(13-11(15)20-4-3-12)9(14(16)17)6-10(7)21-22(2,18)19/h5-6H,3-4H2,1-2H3,(H,13,15). The quantitative estimate of drug-likeness (QED) is 0.359. The second-order valence-electron chi connectivity index (χ2n) is 4.13. The van der Waals surface area contributed by atoms with E-state index in [0.717, 1.165) is 12.3 Å². The van der Waals surface area contributed by atoms with Crippen LogP contribution in [0.4, 0.5) is 16.2 Å². The number of nitro groups is 1. The molecule has 22 heavy (non-hydrogen) atoms. The number of nitro benzene ring substituents is 1. The third-order valence-corrected chi connectivity index (χ3v) is 2.91. The average Bonchev–Trinajstić information content (AvgIpc) is 2.37. The fourth-order valence-electron chi connectivity index (χ4n) is 1.46. The Balaban J connectivity index is 3.15. The van der Waals surface area contributed by atoms with Crippen molar-refractivity contribution in [2.75, 3.05) is 24.1 Å². The monoisotopic (exact) mass is 352 g/mol. The van der Waals surface area contributed by atoms with E-state index in [0.29, 0.717) is 0 Å². The molecular weight excluding hydrogens is 340 g/mol. The van der Waals surface area contributed by atoms with Crippen molar-refractivity contribution in [1.29, 1.82) is 0 Å². The van der Waals surface area contributed by atoms with E-state index in [-0.39, 0.29) is 29.5 Å². The third kappa shape index (κ3) is 5.37. The predicted molar refractivity (Wildman–Crippen MR) is 79.0 cm³/mol. The molecule has 1 N–H and O–H groups in total. The van der Waals surface area contributed by atoms with Crippen molar-refractivity contribution in [3.63, 3.8) is 0 Å². The summed E-state index contributed by atoms with van der Waals surface area (Å²) in [5, 5.41) is 13.2. The van der Waals surface area contributed by atoms with Crippen LogP contribution in [0.5, 0.6) is 5.75 Å². The number of hydrogen-bond donors (Lipinski definition) is 1. The van der Waals surface area contributed by atoms with Gasteiger partial charge in [0.15, 0.2) is 5.75 Å². The minimum absolute atomic E-state index is 0.0601. The number of anilines is 1. The van der Waals surface area contributed by atoms with E-state index in [1.165, 1.54) is 13.0 Å². The summed E-state index contributed by atoms with van der Waals surface area (Å²) in [6.07, 6.45) is -0.103. The molecule has 1 amide bonds. The topological polar surface area (TPSA) is 125 Å². The van der Waals surface area contributed by atoms with Crippen LogP contribution in [-0.4, -0.2) is 38.2 Å². The molecule has 0 atom stereocenters. The van der Waals surface area contributed by atoms with Crippen molar-refractivity contribution in [2.24, 2.45) is 0 Å². The van der Waals surface area contributed by atoms with Crippen LogP contribution in [0.2, 0.25) is 0 Å². The van der Waals surface area contributed by atoms with Gasteiger partial charge in [0.2, 0.25) is 0 Å². The predicted octanol–water partition coefficient (Wildman–Crippen LogP) is 2.03. The first kappa shape index (κ1) is 18.0. The van der Waals surface area contributed by atoms with E-state index in [1.807, 2.05) is 0 Å². The number of benzene rings is 1. The Morgan fingerprint density at radius 1 is 1.45 bits per heavy atom. The highest BCUT2D eigenvalue weighted by molar-refractivity contribution is 7.86. The fraction of sp³-hybridized carbons (Fsp3) is 0.364. The molecule has 0 saturated carbocycles. The maximum absolute atomic E-state index is 11.4. The van der Waals surface area contributed by atoms with Gasteiger partial charge in [-0.05, 0) is 18.6 Å². The molecule has 0 aromatic heterocycles. The maximum Gasteiger partial charge on any atom is 0.411 e. The zero-order valence-electron chi connectivity index (χ0n) is 11.7. The Morgan fingerprint density at radius 2 is 2.09 bits per heavy atom. The molecule has 0 spiro atoms. The van der Waals surface area contributed by atoms with Crippen molar-refractivity contribution in [1.82, 2.24) is 0 Å². The van der Waals surface area contributed by atoms with E-state index in [1.54, 1.807) is 0 Å². The number of carbonyl (C=O) groups is 1. The lowest BCUT2D eigenvalue weighted by molar-refractivity contribution is -0.384. The molecule has 0 bridgehead atoms. The lowest BCUT2D eigenvalue weighted by atomic mass is 10.1. The van der Waals surface area contributed by atoms with E-state index in [2.05, 4.69) is 14.2 Å². The summed E-state index contributed by atoms with van der Waals surface area (Å²) in [7, 11) is -3.84. The SMILES string of the molecule is Cc1cc(NC(=O)OCCCl)c([N+](=O)[O-])cc1OS(C)(=O)=O. The highest BCUT2D eigenvalue weighted by atomic mass is 35.5. The summed E-state index contributed by atoms with van der Waals surface area (Å²) in [5.74, 6) is -0.121. The Kier molecular flexibility index (Phi) is 5.94. The molecule has 1 aromatic rings. The van der Waals surface area contributed by atoms with E-state index < -0.39 is 26.8 Å². The molecule has 0 aliphatic heterocycles. The normalized spacial score (nSPS) is 10.9. The fourth-order valence-corrected chi connectivity index (χ4v) is 2.04. The summed E-state index contributed by atoms with van der Waals surface area (Å²) in [5.41, 5.74) is -0.404. The van der Waals surface area contributed by atoms with Crippen LogP contribution >= 0.6 is 11.6 Å². The molecule has 9 nitrogen and oxygen atoms in total. The summed E-state index contributed by atoms with van der Waals surface area (Å²) in [6.45, 7) is 1.41. The molecule has 0 heterocycles. The first-order chi connectivity index (χ1) is 10.1. The summed E-state index contributed by atoms with van der Waals surface area (Å²) >= 11 is 5.35. The minimum atomic E-state index is -3.84. The minimum Gasteiger partial charge on any atom is -0.448 e. The Bertz CT molecular complexity index is 690. The smallest absolute Gasteiger partial charge is 0.411 e. The average molecular weight is 353 g/mol. The van der Waals surface area contributed by atoms with Gasteiger partial charge in [-0.1, -0.05) is 0 Å². The largest absolute Gasteiger partial charge is 0.448 e. The molecule has 0 saturated heterocycles. The molecular formula is C11H13ClN2O7S. The van der Waals surface area contributed by atoms with E-state index in [9.17, 15) is 23.3 Å². The van der Waals surface area contributed by atoms with Crippen molar-refractivity contribution >= 4 is 39.2 Å². The number of aryl methyl sites for hydroxylation is 1. The molecule has 0 fully saturated rings. The number of alkyl halides is 1. The Labute approximate surface area is 131 Å². The first-order valence-corrected chi connectivity index (χ1v) is 8.17. The lowest BCUT2D eigenvalue weighted by Crippen LogP contribution is -2.16. The van der Waals surface area contributed by atoms with Gasteiger partial charge in [-0.2, -0.15) is 8.42 Å². The second-order valence-corrected chi connectivity index (χ2v) is 6.08. The van der Waals surface area contributed by atoms with Gasteiger partial charge >= 0.3 is 16.2 Å². The van der Waals surface area contributed by atoms with Crippen molar-refractivity contribution in [3.05, 3.63) is 27.8 Å². The Morgan fingerprint density at radius 3 is 2.59 bits per heavy atom. The van der Waals surface area contributed by atoms with Crippen LogP contribution in [0.1, 0.15) is 5.56 Å². The van der Waals surface area contributed by atoms with E-state index in [4.69, 9.17) is 11.6 Å². The summed E-state index contributed by atoms with van der Waals surface area (Å²) in [6, 6.07) is 2.12. The third-order valence-electron chi connectivity index (χ3n) is 2.28. The number of carbonyl (C=O) groups excluding carboxylic acids is 1. The number of ether oxygens (including phenoxy) is 1. The van der Waals surface area contributed by atoms with Gasteiger partial charge in [-0.3, -0.25) is 15.4 Å². The molecule has 11 heteroatoms. The van der Waals surface area contributed by atoms with Crippen LogP contribution in [0, 0.1) is 17.0 Å². The zero-order chi connectivity index (χ0) is 16.9. The van der Waals surface area contributed by atoms with Crippen LogP contribution in [0.25, 0.3) is 0 Å². The molecule has 1 aromatic carbocycles. The number of amides is 1. The molecule has 0 aliphatic carbocycles.